The van der Waals surface area contributed by atoms with Crippen molar-refractivity contribution >= 4 is 5.97 Å². The monoisotopic (exact) mass is 560 g/mol. The van der Waals surface area contributed by atoms with Crippen LogP contribution in [0.4, 0.5) is 0 Å². The van der Waals surface area contributed by atoms with Crippen LogP contribution in [0.1, 0.15) is 132 Å². The number of rotatable bonds is 5. The van der Waals surface area contributed by atoms with Crippen molar-refractivity contribution in [2.45, 2.75) is 145 Å². The Morgan fingerprint density at radius 2 is 1.52 bits per heavy atom. The second kappa shape index (κ2) is 13.6. The van der Waals surface area contributed by atoms with E-state index in [0.717, 1.165) is 62.9 Å². The smallest absolute Gasteiger partial charge is 0.309 e. The van der Waals surface area contributed by atoms with E-state index in [9.17, 15) is 15.0 Å². The highest BCUT2D eigenvalue weighted by atomic mass is 16.5. The summed E-state index contributed by atoms with van der Waals surface area (Å²) in [5.41, 5.74) is 0.353. The average molecular weight is 561 g/mol. The van der Waals surface area contributed by atoms with Crippen LogP contribution in [0.25, 0.3) is 0 Å². The Kier molecular flexibility index (Phi) is 11.4. The van der Waals surface area contributed by atoms with E-state index >= 15 is 0 Å². The second-order valence-electron chi connectivity index (χ2n) is 15.5. The maximum absolute atomic E-state index is 12.3. The van der Waals surface area contributed by atoms with Crippen molar-refractivity contribution in [1.82, 2.24) is 0 Å². The summed E-state index contributed by atoms with van der Waals surface area (Å²) < 4.78 is 5.35. The van der Waals surface area contributed by atoms with Gasteiger partial charge in [-0.15, -0.1) is 6.58 Å². The van der Waals surface area contributed by atoms with E-state index in [1.165, 1.54) is 38.5 Å². The predicted octanol–water partition coefficient (Wildman–Crippen LogP) is 9.16. The first-order valence-electron chi connectivity index (χ1n) is 16.9. The molecule has 4 nitrogen and oxygen atoms in total. The summed E-state index contributed by atoms with van der Waals surface area (Å²) in [5.74, 6) is 3.92. The van der Waals surface area contributed by atoms with Crippen molar-refractivity contribution in [2.75, 3.05) is 6.61 Å². The van der Waals surface area contributed by atoms with Crippen LogP contribution in [-0.4, -0.2) is 35.0 Å². The summed E-state index contributed by atoms with van der Waals surface area (Å²) in [6.45, 7) is 22.2. The summed E-state index contributed by atoms with van der Waals surface area (Å²) in [4.78, 5) is 12.3. The maximum atomic E-state index is 12.3. The summed E-state index contributed by atoms with van der Waals surface area (Å²) in [6.07, 6.45) is 15.7. The van der Waals surface area contributed by atoms with Crippen LogP contribution in [0.5, 0.6) is 0 Å². The molecular formula is C36H64O4. The fourth-order valence-electron chi connectivity index (χ4n) is 10.7. The van der Waals surface area contributed by atoms with Crippen molar-refractivity contribution in [3.05, 3.63) is 12.7 Å². The molecule has 0 saturated heterocycles. The molecule has 0 aliphatic heterocycles. The maximum Gasteiger partial charge on any atom is 0.309 e. The van der Waals surface area contributed by atoms with Crippen molar-refractivity contribution in [1.29, 1.82) is 0 Å². The molecule has 5 fully saturated rings. The van der Waals surface area contributed by atoms with E-state index in [1.807, 2.05) is 6.92 Å². The second-order valence-corrected chi connectivity index (χ2v) is 15.5. The van der Waals surface area contributed by atoms with Gasteiger partial charge in [0, 0.05) is 6.61 Å². The molecule has 0 spiro atoms. The normalized spacial score (nSPS) is 43.6. The Morgan fingerprint density at radius 1 is 0.925 bits per heavy atom. The minimum Gasteiger partial charge on any atom is -0.481 e. The molecule has 5 saturated carbocycles. The Hall–Kier alpha value is -0.870. The van der Waals surface area contributed by atoms with Gasteiger partial charge in [0.15, 0.2) is 0 Å². The number of aliphatic carboxylic acids is 1. The van der Waals surface area contributed by atoms with Gasteiger partial charge in [0.2, 0.25) is 0 Å². The number of ether oxygens (including phenoxy) is 1. The van der Waals surface area contributed by atoms with E-state index in [4.69, 9.17) is 4.74 Å². The molecule has 6 unspecified atom stereocenters. The first-order valence-corrected chi connectivity index (χ1v) is 16.9. The molecule has 0 radical (unpaired) electrons. The third-order valence-corrected chi connectivity index (χ3v) is 12.6. The molecule has 10 atom stereocenters. The lowest BCUT2D eigenvalue weighted by Crippen LogP contribution is -2.61. The molecular weight excluding hydrogens is 496 g/mol. The molecule has 0 aromatic heterocycles. The highest BCUT2D eigenvalue weighted by Gasteiger charge is 2.65. The first-order chi connectivity index (χ1) is 18.8. The molecule has 40 heavy (non-hydrogen) atoms. The summed E-state index contributed by atoms with van der Waals surface area (Å²) in [6, 6.07) is 0. The lowest BCUT2D eigenvalue weighted by atomic mass is 9.37. The Labute approximate surface area is 247 Å². The number of aliphatic hydroxyl groups excluding tert-OH is 1. The predicted molar refractivity (Wildman–Crippen MR) is 166 cm³/mol. The van der Waals surface area contributed by atoms with Crippen LogP contribution in [0.2, 0.25) is 0 Å². The Bertz CT molecular complexity index is 829. The molecule has 4 heteroatoms. The molecule has 5 aliphatic carbocycles. The highest BCUT2D eigenvalue weighted by Crippen LogP contribution is 2.71. The number of carbonyl (C=O) groups is 1. The number of carboxylic acid groups (broad SMARTS) is 1. The van der Waals surface area contributed by atoms with Gasteiger partial charge in [-0.3, -0.25) is 4.79 Å². The molecule has 0 aromatic carbocycles. The zero-order valence-corrected chi connectivity index (χ0v) is 27.4. The average Bonchev–Trinajstić information content (AvgIpc) is 3.33. The molecule has 5 aliphatic rings. The summed E-state index contributed by atoms with van der Waals surface area (Å²) >= 11 is 0. The lowest BCUT2D eigenvalue weighted by molar-refractivity contribution is -0.199. The third kappa shape index (κ3) is 6.38. The molecule has 2 N–H and O–H groups in total. The quantitative estimate of drug-likeness (QED) is 0.329. The SMILES string of the molecule is C=CC.CC(C)CCOC(C)C.C[C@H]1C(O)CC[C@@]2(C)C1CC[C@@]1(C)C3CC[C@@]4(C(=O)O)CCCC4C3CCC12. The highest BCUT2D eigenvalue weighted by molar-refractivity contribution is 5.75. The van der Waals surface area contributed by atoms with Gasteiger partial charge >= 0.3 is 5.97 Å². The molecule has 0 bridgehead atoms. The van der Waals surface area contributed by atoms with Crippen molar-refractivity contribution in [3.63, 3.8) is 0 Å². The number of hydrogen-bond acceptors (Lipinski definition) is 3. The minimum atomic E-state index is -0.494. The zero-order chi connectivity index (χ0) is 29.9. The largest absolute Gasteiger partial charge is 0.481 e. The first kappa shape index (κ1) is 33.6. The molecule has 0 heterocycles. The molecule has 0 amide bonds. The van der Waals surface area contributed by atoms with Gasteiger partial charge in [0.1, 0.15) is 0 Å². The number of aliphatic hydroxyl groups is 1. The zero-order valence-electron chi connectivity index (χ0n) is 27.4. The standard InChI is InChI=1S/C25H40O3.C8H18O.C3H6/c1-15-17-8-12-24(3)18-9-14-25(22(27)28)11-4-5-19(25)16(18)6-7-21(24)23(17,2)13-10-20(15)26;1-7(2)5-6-9-8(3)4;1-3-2/h15-21,26H,4-14H2,1-3H3,(H,27,28);7-8H,5-6H2,1-4H3;3H,1H2,2H3/t15-,16?,17?,18?,19?,20?,21?,23+,24+,25+;;/m1../s1. The number of allylic oxidation sites excluding steroid dienone is 1. The molecule has 0 aromatic rings. The van der Waals surface area contributed by atoms with E-state index in [0.29, 0.717) is 40.6 Å². The van der Waals surface area contributed by atoms with Gasteiger partial charge in [0.05, 0.1) is 17.6 Å². The van der Waals surface area contributed by atoms with Crippen LogP contribution in [0.3, 0.4) is 0 Å². The van der Waals surface area contributed by atoms with Crippen LogP contribution < -0.4 is 0 Å². The minimum absolute atomic E-state index is 0.108. The number of fused-ring (bicyclic) bond motifs is 7. The van der Waals surface area contributed by atoms with Gasteiger partial charge in [-0.2, -0.15) is 0 Å². The van der Waals surface area contributed by atoms with E-state index < -0.39 is 11.4 Å². The molecule has 232 valence electrons. The van der Waals surface area contributed by atoms with Gasteiger partial charge in [-0.25, -0.2) is 0 Å². The molecule has 5 rings (SSSR count). The van der Waals surface area contributed by atoms with Crippen LogP contribution in [0.15, 0.2) is 12.7 Å². The van der Waals surface area contributed by atoms with Gasteiger partial charge in [0.25, 0.3) is 0 Å². The van der Waals surface area contributed by atoms with Crippen LogP contribution in [0, 0.1) is 57.7 Å². The van der Waals surface area contributed by atoms with Gasteiger partial charge < -0.3 is 14.9 Å². The van der Waals surface area contributed by atoms with E-state index in [2.05, 4.69) is 55.0 Å². The fraction of sp³-hybridized carbons (Fsp3) is 0.917. The van der Waals surface area contributed by atoms with Crippen LogP contribution in [-0.2, 0) is 9.53 Å². The van der Waals surface area contributed by atoms with E-state index in [-0.39, 0.29) is 6.10 Å². The Morgan fingerprint density at radius 3 is 2.12 bits per heavy atom. The van der Waals surface area contributed by atoms with Crippen LogP contribution >= 0.6 is 0 Å². The van der Waals surface area contributed by atoms with Crippen molar-refractivity contribution in [3.8, 4) is 0 Å². The Balaban J connectivity index is 0.000000313. The van der Waals surface area contributed by atoms with Gasteiger partial charge in [-0.05, 0) is 144 Å². The summed E-state index contributed by atoms with van der Waals surface area (Å²) in [5, 5.41) is 20.6. The summed E-state index contributed by atoms with van der Waals surface area (Å²) in [7, 11) is 0. The fourth-order valence-corrected chi connectivity index (χ4v) is 10.7. The third-order valence-electron chi connectivity index (χ3n) is 12.6. The lowest BCUT2D eigenvalue weighted by Gasteiger charge is -2.67. The van der Waals surface area contributed by atoms with Gasteiger partial charge in [-0.1, -0.05) is 47.1 Å². The van der Waals surface area contributed by atoms with Crippen molar-refractivity contribution in [2.24, 2.45) is 57.7 Å². The number of hydrogen-bond donors (Lipinski definition) is 2. The topological polar surface area (TPSA) is 66.8 Å². The van der Waals surface area contributed by atoms with Crippen molar-refractivity contribution < 1.29 is 19.7 Å². The van der Waals surface area contributed by atoms with E-state index in [1.54, 1.807) is 6.08 Å². The number of carboxylic acids is 1.